The maximum absolute atomic E-state index is 11.5. The van der Waals surface area contributed by atoms with Crippen molar-refractivity contribution >= 4 is 5.91 Å². The predicted octanol–water partition coefficient (Wildman–Crippen LogP) is 1.17. The van der Waals surface area contributed by atoms with Crippen molar-refractivity contribution in [2.75, 3.05) is 21.0 Å². The summed E-state index contributed by atoms with van der Waals surface area (Å²) in [6.45, 7) is 0.776. The molecule has 0 atom stereocenters. The summed E-state index contributed by atoms with van der Waals surface area (Å²) in [5.74, 6) is -0.138. The minimum atomic E-state index is -0.138. The van der Waals surface area contributed by atoms with Gasteiger partial charge in [-0.25, -0.2) is 0 Å². The molecule has 1 aromatic rings. The quantitative estimate of drug-likeness (QED) is 0.740. The second-order valence-electron chi connectivity index (χ2n) is 3.07. The minimum Gasteiger partial charge on any atom is -0.380 e. The molecule has 0 aliphatic heterocycles. The van der Waals surface area contributed by atoms with Crippen molar-refractivity contribution in [2.45, 2.75) is 6.61 Å². The Hall–Kier alpha value is -1.39. The summed E-state index contributed by atoms with van der Waals surface area (Å²) in [5.41, 5.74) is 1.66. The Labute approximate surface area is 89.2 Å². The van der Waals surface area contributed by atoms with E-state index in [1.807, 2.05) is 12.1 Å². The summed E-state index contributed by atoms with van der Waals surface area (Å²) in [6, 6.07) is 7.26. The lowest BCUT2D eigenvalue weighted by atomic mass is 10.1. The smallest absolute Gasteiger partial charge is 0.253 e. The largest absolute Gasteiger partial charge is 0.380 e. The van der Waals surface area contributed by atoms with Gasteiger partial charge in [-0.15, -0.1) is 0 Å². The van der Waals surface area contributed by atoms with Crippen LogP contribution in [0.15, 0.2) is 24.3 Å². The maximum atomic E-state index is 11.5. The van der Waals surface area contributed by atoms with Gasteiger partial charge >= 0.3 is 0 Å². The van der Waals surface area contributed by atoms with Gasteiger partial charge in [0, 0.05) is 19.8 Å². The molecular weight excluding hydrogens is 194 g/mol. The molecule has 0 spiro atoms. The molecule has 4 nitrogen and oxygen atoms in total. The number of rotatable bonds is 5. The number of benzene rings is 1. The van der Waals surface area contributed by atoms with Crippen LogP contribution in [0.3, 0.4) is 0 Å². The highest BCUT2D eigenvalue weighted by molar-refractivity contribution is 5.94. The second kappa shape index (κ2) is 6.16. The van der Waals surface area contributed by atoms with Crippen LogP contribution in [0.5, 0.6) is 0 Å². The molecule has 1 N–H and O–H groups in total. The van der Waals surface area contributed by atoms with Crippen LogP contribution in [-0.4, -0.2) is 26.9 Å². The molecular formula is C11H15NO3. The van der Waals surface area contributed by atoms with Crippen LogP contribution in [-0.2, 0) is 16.1 Å². The van der Waals surface area contributed by atoms with E-state index in [0.29, 0.717) is 12.2 Å². The van der Waals surface area contributed by atoms with E-state index in [-0.39, 0.29) is 12.6 Å². The van der Waals surface area contributed by atoms with Gasteiger partial charge in [-0.2, -0.15) is 0 Å². The third-order valence-corrected chi connectivity index (χ3v) is 1.90. The van der Waals surface area contributed by atoms with Crippen molar-refractivity contribution in [3.63, 3.8) is 0 Å². The predicted molar refractivity (Wildman–Crippen MR) is 56.5 cm³/mol. The first-order chi connectivity index (χ1) is 7.27. The molecule has 0 unspecified atom stereocenters. The molecule has 0 radical (unpaired) electrons. The molecule has 0 aliphatic rings. The highest BCUT2D eigenvalue weighted by atomic mass is 16.5. The van der Waals surface area contributed by atoms with Crippen molar-refractivity contribution in [1.29, 1.82) is 0 Å². The van der Waals surface area contributed by atoms with Crippen molar-refractivity contribution in [2.24, 2.45) is 0 Å². The number of ether oxygens (including phenoxy) is 2. The van der Waals surface area contributed by atoms with Crippen LogP contribution in [0.2, 0.25) is 0 Å². The molecule has 1 aromatic carbocycles. The summed E-state index contributed by atoms with van der Waals surface area (Å²) in [6.07, 6.45) is 0. The van der Waals surface area contributed by atoms with Crippen LogP contribution in [0.25, 0.3) is 0 Å². The summed E-state index contributed by atoms with van der Waals surface area (Å²) >= 11 is 0. The normalized spacial score (nSPS) is 10.0. The van der Waals surface area contributed by atoms with Gasteiger partial charge in [0.2, 0.25) is 0 Å². The van der Waals surface area contributed by atoms with Gasteiger partial charge in [-0.05, 0) is 17.7 Å². The zero-order valence-electron chi connectivity index (χ0n) is 8.95. The highest BCUT2D eigenvalue weighted by Crippen LogP contribution is 2.05. The molecule has 0 bridgehead atoms. The van der Waals surface area contributed by atoms with Gasteiger partial charge in [-0.1, -0.05) is 12.1 Å². The molecule has 0 saturated heterocycles. The minimum absolute atomic E-state index is 0.138. The molecule has 0 saturated carbocycles. The topological polar surface area (TPSA) is 47.6 Å². The summed E-state index contributed by atoms with van der Waals surface area (Å²) in [7, 11) is 3.17. The van der Waals surface area contributed by atoms with E-state index < -0.39 is 0 Å². The standard InChI is InChI=1S/C11H15NO3/c1-14-7-9-3-5-10(6-4-9)11(13)12-8-15-2/h3-6H,7-8H2,1-2H3,(H,12,13). The fourth-order valence-corrected chi connectivity index (χ4v) is 1.16. The molecule has 0 fully saturated rings. The first-order valence-electron chi connectivity index (χ1n) is 4.63. The zero-order chi connectivity index (χ0) is 11.1. The first-order valence-corrected chi connectivity index (χ1v) is 4.63. The summed E-state index contributed by atoms with van der Waals surface area (Å²) < 4.78 is 9.72. The number of hydrogen-bond acceptors (Lipinski definition) is 3. The number of carbonyl (C=O) groups is 1. The summed E-state index contributed by atoms with van der Waals surface area (Å²) in [5, 5.41) is 2.61. The molecule has 0 aromatic heterocycles. The Kier molecular flexibility index (Phi) is 4.80. The van der Waals surface area contributed by atoms with E-state index in [4.69, 9.17) is 9.47 Å². The number of nitrogens with one attached hydrogen (secondary N) is 1. The number of methoxy groups -OCH3 is 2. The highest BCUT2D eigenvalue weighted by Gasteiger charge is 2.03. The fourth-order valence-electron chi connectivity index (χ4n) is 1.16. The van der Waals surface area contributed by atoms with Crippen molar-refractivity contribution in [3.8, 4) is 0 Å². The lowest BCUT2D eigenvalue weighted by Gasteiger charge is -2.04. The van der Waals surface area contributed by atoms with Gasteiger partial charge < -0.3 is 14.8 Å². The average molecular weight is 209 g/mol. The SMILES string of the molecule is COCNC(=O)c1ccc(COC)cc1. The molecule has 15 heavy (non-hydrogen) atoms. The molecule has 1 amide bonds. The van der Waals surface area contributed by atoms with E-state index >= 15 is 0 Å². The third-order valence-electron chi connectivity index (χ3n) is 1.90. The van der Waals surface area contributed by atoms with E-state index in [1.165, 1.54) is 7.11 Å². The number of hydrogen-bond donors (Lipinski definition) is 1. The van der Waals surface area contributed by atoms with Crippen LogP contribution >= 0.6 is 0 Å². The summed E-state index contributed by atoms with van der Waals surface area (Å²) in [4.78, 5) is 11.5. The Morgan fingerprint density at radius 1 is 1.20 bits per heavy atom. The van der Waals surface area contributed by atoms with E-state index in [2.05, 4.69) is 5.32 Å². The Bertz CT molecular complexity index is 308. The van der Waals surface area contributed by atoms with E-state index in [9.17, 15) is 4.79 Å². The van der Waals surface area contributed by atoms with Crippen molar-refractivity contribution in [1.82, 2.24) is 5.32 Å². The van der Waals surface area contributed by atoms with Gasteiger partial charge in [-0.3, -0.25) is 4.79 Å². The van der Waals surface area contributed by atoms with Crippen LogP contribution < -0.4 is 5.32 Å². The Balaban J connectivity index is 2.58. The maximum Gasteiger partial charge on any atom is 0.253 e. The fraction of sp³-hybridized carbons (Fsp3) is 0.364. The molecule has 0 heterocycles. The lowest BCUT2D eigenvalue weighted by molar-refractivity contribution is 0.0872. The third kappa shape index (κ3) is 3.69. The van der Waals surface area contributed by atoms with Gasteiger partial charge in [0.25, 0.3) is 5.91 Å². The van der Waals surface area contributed by atoms with Gasteiger partial charge in [0.15, 0.2) is 0 Å². The number of carbonyl (C=O) groups excluding carboxylic acids is 1. The molecule has 82 valence electrons. The number of amides is 1. The van der Waals surface area contributed by atoms with E-state index in [0.717, 1.165) is 5.56 Å². The van der Waals surface area contributed by atoms with Crippen LogP contribution in [0.4, 0.5) is 0 Å². The second-order valence-corrected chi connectivity index (χ2v) is 3.07. The monoisotopic (exact) mass is 209 g/mol. The van der Waals surface area contributed by atoms with Crippen LogP contribution in [0.1, 0.15) is 15.9 Å². The van der Waals surface area contributed by atoms with Gasteiger partial charge in [0.05, 0.1) is 6.61 Å². The molecule has 4 heteroatoms. The first kappa shape index (κ1) is 11.7. The average Bonchev–Trinajstić information content (AvgIpc) is 2.27. The Morgan fingerprint density at radius 3 is 2.40 bits per heavy atom. The Morgan fingerprint density at radius 2 is 1.87 bits per heavy atom. The lowest BCUT2D eigenvalue weighted by Crippen LogP contribution is -2.25. The van der Waals surface area contributed by atoms with Crippen molar-refractivity contribution in [3.05, 3.63) is 35.4 Å². The zero-order valence-corrected chi connectivity index (χ0v) is 8.95. The van der Waals surface area contributed by atoms with Crippen molar-refractivity contribution < 1.29 is 14.3 Å². The van der Waals surface area contributed by atoms with Crippen LogP contribution in [0, 0.1) is 0 Å². The molecule has 1 rings (SSSR count). The van der Waals surface area contributed by atoms with E-state index in [1.54, 1.807) is 19.2 Å². The molecule has 0 aliphatic carbocycles. The van der Waals surface area contributed by atoms with Gasteiger partial charge in [0.1, 0.15) is 6.73 Å².